The highest BCUT2D eigenvalue weighted by Gasteiger charge is 2.11. The Labute approximate surface area is 105 Å². The molecule has 5 N–H and O–H groups in total. The molecule has 1 aromatic rings. The van der Waals surface area contributed by atoms with E-state index in [1.54, 1.807) is 24.3 Å². The van der Waals surface area contributed by atoms with Crippen LogP contribution in [0.15, 0.2) is 24.3 Å². The predicted octanol–water partition coefficient (Wildman–Crippen LogP) is 0.0878. The van der Waals surface area contributed by atoms with Crippen molar-refractivity contribution in [3.8, 4) is 0 Å². The van der Waals surface area contributed by atoms with Crippen molar-refractivity contribution in [1.82, 2.24) is 0 Å². The molecule has 0 aromatic heterocycles. The quantitative estimate of drug-likeness (QED) is 0.665. The average Bonchev–Trinajstić information content (AvgIpc) is 2.36. The van der Waals surface area contributed by atoms with E-state index in [4.69, 9.17) is 16.2 Å². The molecule has 0 bridgehead atoms. The van der Waals surface area contributed by atoms with Gasteiger partial charge in [0.15, 0.2) is 0 Å². The summed E-state index contributed by atoms with van der Waals surface area (Å²) in [4.78, 5) is 22.5. The standard InChI is InChI=1S/C12H17N3O3/c1-18-10(7-13)6-11(16)15-9-4-2-8(3-5-9)12(14)17/h2-5,10H,6-7,13H2,1H3,(H2,14,17)(H,15,16). The second kappa shape index (κ2) is 6.73. The Kier molecular flexibility index (Phi) is 5.29. The Bertz CT molecular complexity index is 413. The molecule has 1 rings (SSSR count). The summed E-state index contributed by atoms with van der Waals surface area (Å²) in [6.45, 7) is 0.282. The third kappa shape index (κ3) is 4.15. The highest BCUT2D eigenvalue weighted by atomic mass is 16.5. The number of benzene rings is 1. The van der Waals surface area contributed by atoms with Crippen LogP contribution in [0.5, 0.6) is 0 Å². The average molecular weight is 251 g/mol. The highest BCUT2D eigenvalue weighted by Crippen LogP contribution is 2.10. The first-order chi connectivity index (χ1) is 8.56. The van der Waals surface area contributed by atoms with Gasteiger partial charge in [-0.1, -0.05) is 0 Å². The molecule has 0 aliphatic rings. The molecular formula is C12H17N3O3. The SMILES string of the molecule is COC(CN)CC(=O)Nc1ccc(C(N)=O)cc1. The number of nitrogens with one attached hydrogen (secondary N) is 1. The fourth-order valence-corrected chi connectivity index (χ4v) is 1.40. The van der Waals surface area contributed by atoms with Crippen LogP contribution in [0.1, 0.15) is 16.8 Å². The molecule has 1 atom stereocenters. The van der Waals surface area contributed by atoms with E-state index >= 15 is 0 Å². The minimum Gasteiger partial charge on any atom is -0.380 e. The Morgan fingerprint density at radius 1 is 1.33 bits per heavy atom. The first-order valence-electron chi connectivity index (χ1n) is 5.49. The molecular weight excluding hydrogens is 234 g/mol. The third-order valence-corrected chi connectivity index (χ3v) is 2.46. The number of carbonyl (C=O) groups is 2. The first-order valence-corrected chi connectivity index (χ1v) is 5.49. The normalized spacial score (nSPS) is 11.9. The maximum Gasteiger partial charge on any atom is 0.248 e. The van der Waals surface area contributed by atoms with E-state index in [0.717, 1.165) is 0 Å². The number of nitrogens with two attached hydrogens (primary N) is 2. The Hall–Kier alpha value is -1.92. The fourth-order valence-electron chi connectivity index (χ4n) is 1.40. The van der Waals surface area contributed by atoms with Crippen molar-refractivity contribution in [3.63, 3.8) is 0 Å². The molecule has 0 heterocycles. The van der Waals surface area contributed by atoms with Crippen LogP contribution in [0, 0.1) is 0 Å². The zero-order chi connectivity index (χ0) is 13.5. The number of primary amides is 1. The van der Waals surface area contributed by atoms with Crippen LogP contribution < -0.4 is 16.8 Å². The number of hydrogen-bond donors (Lipinski definition) is 3. The van der Waals surface area contributed by atoms with Gasteiger partial charge in [0.2, 0.25) is 11.8 Å². The maximum absolute atomic E-state index is 11.6. The molecule has 0 radical (unpaired) electrons. The van der Waals surface area contributed by atoms with Gasteiger partial charge in [-0.05, 0) is 24.3 Å². The van der Waals surface area contributed by atoms with Crippen molar-refractivity contribution in [3.05, 3.63) is 29.8 Å². The van der Waals surface area contributed by atoms with Crippen LogP contribution in [-0.2, 0) is 9.53 Å². The molecule has 2 amide bonds. The second-order valence-electron chi connectivity index (χ2n) is 3.79. The van der Waals surface area contributed by atoms with E-state index in [-0.39, 0.29) is 25.0 Å². The summed E-state index contributed by atoms with van der Waals surface area (Å²) < 4.78 is 5.01. The number of ether oxygens (including phenoxy) is 1. The van der Waals surface area contributed by atoms with Crippen molar-refractivity contribution in [2.24, 2.45) is 11.5 Å². The summed E-state index contributed by atoms with van der Waals surface area (Å²) in [5, 5.41) is 2.68. The van der Waals surface area contributed by atoms with Crippen LogP contribution in [0.2, 0.25) is 0 Å². The third-order valence-electron chi connectivity index (χ3n) is 2.46. The summed E-state index contributed by atoms with van der Waals surface area (Å²) in [6, 6.07) is 6.33. The lowest BCUT2D eigenvalue weighted by Crippen LogP contribution is -2.28. The predicted molar refractivity (Wildman–Crippen MR) is 68.1 cm³/mol. The highest BCUT2D eigenvalue weighted by molar-refractivity contribution is 5.94. The van der Waals surface area contributed by atoms with Crippen LogP contribution in [0.25, 0.3) is 0 Å². The lowest BCUT2D eigenvalue weighted by atomic mass is 10.2. The van der Waals surface area contributed by atoms with Crippen molar-refractivity contribution in [2.75, 3.05) is 19.0 Å². The summed E-state index contributed by atoms with van der Waals surface area (Å²) in [6.07, 6.45) is -0.111. The monoisotopic (exact) mass is 251 g/mol. The molecule has 0 spiro atoms. The number of rotatable bonds is 6. The van der Waals surface area contributed by atoms with E-state index in [0.29, 0.717) is 11.3 Å². The van der Waals surface area contributed by atoms with Gasteiger partial charge in [-0.15, -0.1) is 0 Å². The lowest BCUT2D eigenvalue weighted by Gasteiger charge is -2.12. The molecule has 6 heteroatoms. The molecule has 6 nitrogen and oxygen atoms in total. The lowest BCUT2D eigenvalue weighted by molar-refractivity contribution is -0.118. The molecule has 1 aromatic carbocycles. The van der Waals surface area contributed by atoms with Gasteiger partial charge < -0.3 is 21.5 Å². The fraction of sp³-hybridized carbons (Fsp3) is 0.333. The van der Waals surface area contributed by atoms with Gasteiger partial charge >= 0.3 is 0 Å². The molecule has 0 saturated carbocycles. The molecule has 0 fully saturated rings. The maximum atomic E-state index is 11.6. The minimum atomic E-state index is -0.504. The van der Waals surface area contributed by atoms with E-state index in [1.807, 2.05) is 0 Å². The Morgan fingerprint density at radius 3 is 2.39 bits per heavy atom. The molecule has 98 valence electrons. The molecule has 1 unspecified atom stereocenters. The van der Waals surface area contributed by atoms with Gasteiger partial charge in [0.25, 0.3) is 0 Å². The number of anilines is 1. The Morgan fingerprint density at radius 2 is 1.94 bits per heavy atom. The van der Waals surface area contributed by atoms with Crippen LogP contribution in [0.4, 0.5) is 5.69 Å². The number of methoxy groups -OCH3 is 1. The smallest absolute Gasteiger partial charge is 0.248 e. The van der Waals surface area contributed by atoms with E-state index < -0.39 is 5.91 Å². The van der Waals surface area contributed by atoms with Gasteiger partial charge in [0, 0.05) is 24.9 Å². The molecule has 0 aliphatic heterocycles. The van der Waals surface area contributed by atoms with Crippen molar-refractivity contribution < 1.29 is 14.3 Å². The zero-order valence-corrected chi connectivity index (χ0v) is 10.2. The van der Waals surface area contributed by atoms with Gasteiger partial charge in [0.1, 0.15) is 0 Å². The summed E-state index contributed by atoms with van der Waals surface area (Å²) in [5.41, 5.74) is 11.5. The number of amides is 2. The van der Waals surface area contributed by atoms with Gasteiger partial charge in [-0.3, -0.25) is 9.59 Å². The van der Waals surface area contributed by atoms with Crippen molar-refractivity contribution >= 4 is 17.5 Å². The topological polar surface area (TPSA) is 107 Å². The van der Waals surface area contributed by atoms with E-state index in [1.165, 1.54) is 7.11 Å². The minimum absolute atomic E-state index is 0.185. The van der Waals surface area contributed by atoms with E-state index in [2.05, 4.69) is 5.32 Å². The van der Waals surface area contributed by atoms with Crippen LogP contribution >= 0.6 is 0 Å². The van der Waals surface area contributed by atoms with Crippen LogP contribution in [-0.4, -0.2) is 31.6 Å². The zero-order valence-electron chi connectivity index (χ0n) is 10.2. The second-order valence-corrected chi connectivity index (χ2v) is 3.79. The van der Waals surface area contributed by atoms with Crippen molar-refractivity contribution in [1.29, 1.82) is 0 Å². The Balaban J connectivity index is 2.56. The van der Waals surface area contributed by atoms with Gasteiger partial charge in [-0.25, -0.2) is 0 Å². The van der Waals surface area contributed by atoms with E-state index in [9.17, 15) is 9.59 Å². The number of hydrogen-bond acceptors (Lipinski definition) is 4. The summed E-state index contributed by atoms with van der Waals surface area (Å²) >= 11 is 0. The van der Waals surface area contributed by atoms with Gasteiger partial charge in [-0.2, -0.15) is 0 Å². The van der Waals surface area contributed by atoms with Gasteiger partial charge in [0.05, 0.1) is 12.5 Å². The van der Waals surface area contributed by atoms with Crippen molar-refractivity contribution in [2.45, 2.75) is 12.5 Å². The van der Waals surface area contributed by atoms with Crippen LogP contribution in [0.3, 0.4) is 0 Å². The first kappa shape index (κ1) is 14.1. The summed E-state index contributed by atoms with van der Waals surface area (Å²) in [7, 11) is 1.51. The largest absolute Gasteiger partial charge is 0.380 e. The molecule has 0 aliphatic carbocycles. The summed E-state index contributed by atoms with van der Waals surface area (Å²) in [5.74, 6) is -0.699. The molecule has 18 heavy (non-hydrogen) atoms. The molecule has 0 saturated heterocycles. The number of carbonyl (C=O) groups excluding carboxylic acids is 2.